The van der Waals surface area contributed by atoms with E-state index in [1.165, 1.54) is 6.34 Å². The molecule has 3 rings (SSSR count). The van der Waals surface area contributed by atoms with Crippen molar-refractivity contribution in [3.8, 4) is 0 Å². The van der Waals surface area contributed by atoms with Crippen molar-refractivity contribution in [2.24, 2.45) is 10.7 Å². The first-order valence-corrected chi connectivity index (χ1v) is 16.0. The van der Waals surface area contributed by atoms with E-state index in [4.69, 9.17) is 11.5 Å². The molecular weight excluding hydrogens is 478 g/mol. The number of aliphatic imine (C=N–C) groups is 1. The van der Waals surface area contributed by atoms with E-state index in [1.807, 2.05) is 7.05 Å². The van der Waals surface area contributed by atoms with Crippen LogP contribution in [0.15, 0.2) is 4.99 Å². The van der Waals surface area contributed by atoms with E-state index >= 15 is 0 Å². The van der Waals surface area contributed by atoms with Gasteiger partial charge in [-0.3, -0.25) is 0 Å². The zero-order chi connectivity index (χ0) is 13.4. The molecule has 0 amide bonds. The minimum absolute atomic E-state index is 0.0645. The second-order valence-electron chi connectivity index (χ2n) is 3.74. The number of imidazole rings is 1. The summed E-state index contributed by atoms with van der Waals surface area (Å²) in [6, 6.07) is 0. The Morgan fingerprint density at radius 3 is 2.89 bits per heavy atom. The number of likely N-dealkylation sites (N-methyl/N-ethyl adjacent to an activating group) is 1. The number of halogens is 2. The number of nitrogens with zero attached hydrogens (tertiary/aromatic N) is 2. The van der Waals surface area contributed by atoms with E-state index in [0.29, 0.717) is 5.95 Å². The Kier molecular flexibility index (Phi) is 3.83. The third kappa shape index (κ3) is 2.54. The molecule has 2 aliphatic heterocycles. The molecule has 1 aromatic heterocycles. The molecule has 108 valence electrons. The average Bonchev–Trinajstić information content (AvgIpc) is 2.74. The SMILES string of the molecule is CNC1NI2Nc3[nH]c(N)nc3NI2NC1N=CN. The van der Waals surface area contributed by atoms with Crippen LogP contribution in [-0.4, -0.2) is 35.7 Å². The number of nitrogen functional groups attached to an aromatic ring is 1. The Morgan fingerprint density at radius 1 is 1.37 bits per heavy atom. The van der Waals surface area contributed by atoms with Crippen molar-refractivity contribution in [1.29, 1.82) is 0 Å². The molecule has 2 aliphatic rings. The molecule has 3 heterocycles. The molecule has 1 aromatic rings. The molecule has 0 radical (unpaired) electrons. The third-order valence-electron chi connectivity index (χ3n) is 2.51. The van der Waals surface area contributed by atoms with Crippen LogP contribution in [0, 0.1) is 0 Å². The maximum atomic E-state index is 5.67. The molecule has 12 heteroatoms. The van der Waals surface area contributed by atoms with Gasteiger partial charge in [0.2, 0.25) is 0 Å². The monoisotopic (exact) mass is 494 g/mol. The van der Waals surface area contributed by atoms with Crippen molar-refractivity contribution in [3.63, 3.8) is 0 Å². The van der Waals surface area contributed by atoms with Crippen LogP contribution in [0.25, 0.3) is 0 Å². The first kappa shape index (κ1) is 13.4. The normalized spacial score (nSPS) is 29.5. The molecule has 0 aromatic carbocycles. The van der Waals surface area contributed by atoms with Gasteiger partial charge in [0.1, 0.15) is 0 Å². The van der Waals surface area contributed by atoms with Gasteiger partial charge in [-0.1, -0.05) is 0 Å². The second-order valence-corrected chi connectivity index (χ2v) is 19.7. The summed E-state index contributed by atoms with van der Waals surface area (Å²) >= 11 is -3.16. The van der Waals surface area contributed by atoms with Crippen LogP contribution in [0.5, 0.6) is 0 Å². The molecule has 2 atom stereocenters. The summed E-state index contributed by atoms with van der Waals surface area (Å²) in [6.07, 6.45) is 1.33. The number of hydrogen-bond acceptors (Lipinski definition) is 8. The fraction of sp³-hybridized carbons (Fsp3) is 0.429. The van der Waals surface area contributed by atoms with Crippen LogP contribution >= 0.6 is 32.8 Å². The summed E-state index contributed by atoms with van der Waals surface area (Å²) in [5, 5.41) is 3.20. The van der Waals surface area contributed by atoms with Gasteiger partial charge in [-0.05, 0) is 0 Å². The molecular formula is C7H16I2N10. The van der Waals surface area contributed by atoms with E-state index in [-0.39, 0.29) is 12.3 Å². The second kappa shape index (κ2) is 5.43. The molecule has 10 N–H and O–H groups in total. The molecule has 0 aliphatic carbocycles. The average molecular weight is 494 g/mol. The summed E-state index contributed by atoms with van der Waals surface area (Å²) in [5.41, 5.74) is 11.1. The Balaban J connectivity index is 1.81. The number of fused-ring (bicyclic) bond motifs is 2. The van der Waals surface area contributed by atoms with E-state index in [1.54, 1.807) is 0 Å². The van der Waals surface area contributed by atoms with Gasteiger partial charge in [0.25, 0.3) is 0 Å². The van der Waals surface area contributed by atoms with E-state index in [9.17, 15) is 0 Å². The topological polar surface area (TPSA) is 153 Å². The quantitative estimate of drug-likeness (QED) is 0.118. The van der Waals surface area contributed by atoms with Gasteiger partial charge in [0, 0.05) is 0 Å². The van der Waals surface area contributed by atoms with Gasteiger partial charge < -0.3 is 0 Å². The molecule has 1 fully saturated rings. The van der Waals surface area contributed by atoms with E-state index < -0.39 is 32.8 Å². The Bertz CT molecular complexity index is 488. The molecule has 0 saturated carbocycles. The third-order valence-corrected chi connectivity index (χ3v) is 19.1. The van der Waals surface area contributed by atoms with Crippen LogP contribution in [0.4, 0.5) is 17.6 Å². The number of H-pyrrole nitrogens is 1. The van der Waals surface area contributed by atoms with Gasteiger partial charge in [0.05, 0.1) is 0 Å². The number of rotatable bonds is 2. The molecule has 2 unspecified atom stereocenters. The number of aromatic nitrogens is 2. The van der Waals surface area contributed by atoms with Crippen LogP contribution in [0.2, 0.25) is 0 Å². The first-order valence-electron chi connectivity index (χ1n) is 5.43. The summed E-state index contributed by atoms with van der Waals surface area (Å²) in [6.45, 7) is 0. The minimum atomic E-state index is -1.60. The van der Waals surface area contributed by atoms with Crippen molar-refractivity contribution in [2.75, 3.05) is 19.8 Å². The molecule has 0 spiro atoms. The van der Waals surface area contributed by atoms with Crippen LogP contribution < -0.4 is 30.9 Å². The van der Waals surface area contributed by atoms with Crippen molar-refractivity contribution >= 4 is 56.7 Å². The van der Waals surface area contributed by atoms with Gasteiger partial charge >= 0.3 is 122 Å². The predicted molar refractivity (Wildman–Crippen MR) is 93.9 cm³/mol. The van der Waals surface area contributed by atoms with Crippen molar-refractivity contribution in [3.05, 3.63) is 0 Å². The fourth-order valence-corrected chi connectivity index (χ4v) is 18.7. The van der Waals surface area contributed by atoms with Gasteiger partial charge in [-0.2, -0.15) is 0 Å². The molecule has 19 heavy (non-hydrogen) atoms. The Hall–Kier alpha value is -0.580. The summed E-state index contributed by atoms with van der Waals surface area (Å²) in [4.78, 5) is 11.5. The van der Waals surface area contributed by atoms with Crippen molar-refractivity contribution in [2.45, 2.75) is 12.3 Å². The molecule has 10 nitrogen and oxygen atoms in total. The fourth-order valence-electron chi connectivity index (χ4n) is 1.64. The zero-order valence-corrected chi connectivity index (χ0v) is 14.4. The Labute approximate surface area is 121 Å². The standard InChI is InChI=1S/C7H16I2N10/c1-12-3-4(13-2-10)17-9-8(16-3)18-5-6(19-9)15-7(11)14-5/h2-4,12,16-19H,1H3,(H2,10,13)(H3,11,14,15). The number of aromatic amines is 1. The molecule has 1 saturated heterocycles. The predicted octanol–water partition coefficient (Wildman–Crippen LogP) is -0.531. The van der Waals surface area contributed by atoms with E-state index in [0.717, 1.165) is 11.6 Å². The zero-order valence-electron chi connectivity index (χ0n) is 10.0. The summed E-state index contributed by atoms with van der Waals surface area (Å²) in [7, 11) is 1.90. The van der Waals surface area contributed by atoms with Crippen LogP contribution in [-0.2, 0) is 0 Å². The van der Waals surface area contributed by atoms with Gasteiger partial charge in [-0.25, -0.2) is 0 Å². The number of hydrogen-bond donors (Lipinski definition) is 8. The number of nitrogens with one attached hydrogen (secondary N) is 6. The maximum absolute atomic E-state index is 5.67. The van der Waals surface area contributed by atoms with E-state index in [2.05, 4.69) is 34.4 Å². The van der Waals surface area contributed by atoms with Gasteiger partial charge in [-0.15, -0.1) is 0 Å². The molecule has 0 bridgehead atoms. The summed E-state index contributed by atoms with van der Waals surface area (Å²) < 4.78 is 14.2. The van der Waals surface area contributed by atoms with Crippen LogP contribution in [0.3, 0.4) is 0 Å². The van der Waals surface area contributed by atoms with Crippen molar-refractivity contribution < 1.29 is 0 Å². The van der Waals surface area contributed by atoms with Crippen LogP contribution in [0.1, 0.15) is 0 Å². The first-order chi connectivity index (χ1) is 9.21. The Morgan fingerprint density at radius 2 is 2.16 bits per heavy atom. The number of nitrogens with two attached hydrogens (primary N) is 2. The van der Waals surface area contributed by atoms with Crippen molar-refractivity contribution in [1.82, 2.24) is 22.3 Å². The van der Waals surface area contributed by atoms with Gasteiger partial charge in [0.15, 0.2) is 0 Å². The number of anilines is 3. The summed E-state index contributed by atoms with van der Waals surface area (Å²) in [5.74, 6) is 2.09.